The molecule has 0 amide bonds. The summed E-state index contributed by atoms with van der Waals surface area (Å²) < 4.78 is 27.4. The summed E-state index contributed by atoms with van der Waals surface area (Å²) in [5.74, 6) is 1.55. The minimum Gasteiger partial charge on any atom is -0.493 e. The Labute approximate surface area is 231 Å². The molecule has 1 atom stereocenters. The van der Waals surface area contributed by atoms with Crippen molar-refractivity contribution in [2.45, 2.75) is 44.2 Å². The fourth-order valence-electron chi connectivity index (χ4n) is 6.15. The molecule has 3 heterocycles. The predicted molar refractivity (Wildman–Crippen MR) is 150 cm³/mol. The van der Waals surface area contributed by atoms with Gasteiger partial charge in [0.1, 0.15) is 11.9 Å². The standard InChI is InChI=1S/C29H34FN7O3/c1-39-25-17-19-16-21(29(38)31-23(19)18-26(25)40-2)27(28-32-33-34-37(28)20-8-4-3-5-9-20)36-14-12-35(13-15-36)24-11-7-6-10-22(24)30/h6-7,10-11,16-18,20,27H,3-5,8-9,12-15H2,1-2H3,(H,31,38)/t27-/m1/s1. The van der Waals surface area contributed by atoms with Crippen molar-refractivity contribution in [3.05, 3.63) is 70.0 Å². The number of rotatable bonds is 7. The van der Waals surface area contributed by atoms with E-state index in [1.54, 1.807) is 26.4 Å². The molecule has 6 rings (SSSR count). The van der Waals surface area contributed by atoms with Gasteiger partial charge in [0.25, 0.3) is 5.56 Å². The highest BCUT2D eigenvalue weighted by Gasteiger charge is 2.35. The quantitative estimate of drug-likeness (QED) is 0.369. The molecule has 0 unspecified atom stereocenters. The van der Waals surface area contributed by atoms with E-state index in [0.29, 0.717) is 60.3 Å². The largest absolute Gasteiger partial charge is 0.493 e. The Bertz CT molecular complexity index is 1540. The van der Waals surface area contributed by atoms with Gasteiger partial charge in [0.2, 0.25) is 0 Å². The van der Waals surface area contributed by atoms with E-state index in [0.717, 1.165) is 31.1 Å². The lowest BCUT2D eigenvalue weighted by molar-refractivity contribution is 0.192. The molecule has 2 aromatic carbocycles. The van der Waals surface area contributed by atoms with Gasteiger partial charge in [-0.1, -0.05) is 31.4 Å². The van der Waals surface area contributed by atoms with E-state index in [1.165, 1.54) is 12.5 Å². The van der Waals surface area contributed by atoms with Crippen molar-refractivity contribution < 1.29 is 13.9 Å². The molecule has 10 nitrogen and oxygen atoms in total. The molecule has 0 radical (unpaired) electrons. The Morgan fingerprint density at radius 1 is 0.975 bits per heavy atom. The van der Waals surface area contributed by atoms with Crippen molar-refractivity contribution in [3.63, 3.8) is 0 Å². The molecule has 210 valence electrons. The molecule has 2 fully saturated rings. The third-order valence-electron chi connectivity index (χ3n) is 8.23. The second-order valence-electron chi connectivity index (χ2n) is 10.5. The Kier molecular flexibility index (Phi) is 7.38. The van der Waals surface area contributed by atoms with Crippen molar-refractivity contribution in [2.24, 2.45) is 0 Å². The Balaban J connectivity index is 1.41. The van der Waals surface area contributed by atoms with Gasteiger partial charge in [-0.05, 0) is 47.5 Å². The maximum atomic E-state index is 14.5. The molecule has 1 saturated heterocycles. The van der Waals surface area contributed by atoms with Crippen LogP contribution in [-0.2, 0) is 0 Å². The first kappa shape index (κ1) is 26.2. The first-order valence-corrected chi connectivity index (χ1v) is 13.9. The van der Waals surface area contributed by atoms with Gasteiger partial charge < -0.3 is 19.4 Å². The van der Waals surface area contributed by atoms with Crippen LogP contribution in [0.3, 0.4) is 0 Å². The summed E-state index contributed by atoms with van der Waals surface area (Å²) in [4.78, 5) is 21.0. The number of nitrogens with zero attached hydrogens (tertiary/aromatic N) is 6. The number of pyridine rings is 1. The molecule has 1 aliphatic carbocycles. The number of fused-ring (bicyclic) bond motifs is 1. The number of tetrazole rings is 1. The topological polar surface area (TPSA) is 101 Å². The van der Waals surface area contributed by atoms with Crippen molar-refractivity contribution in [1.29, 1.82) is 0 Å². The minimum atomic E-state index is -0.471. The highest BCUT2D eigenvalue weighted by atomic mass is 19.1. The number of hydrogen-bond acceptors (Lipinski definition) is 8. The second kappa shape index (κ2) is 11.2. The fourth-order valence-corrected chi connectivity index (χ4v) is 6.15. The molecule has 1 saturated carbocycles. The average Bonchev–Trinajstić information content (AvgIpc) is 3.47. The van der Waals surface area contributed by atoms with Crippen molar-refractivity contribution in [3.8, 4) is 11.5 Å². The first-order valence-electron chi connectivity index (χ1n) is 13.9. The number of methoxy groups -OCH3 is 2. The van der Waals surface area contributed by atoms with Crippen LogP contribution in [0, 0.1) is 5.82 Å². The summed E-state index contributed by atoms with van der Waals surface area (Å²) >= 11 is 0. The van der Waals surface area contributed by atoms with E-state index in [4.69, 9.17) is 9.47 Å². The summed E-state index contributed by atoms with van der Waals surface area (Å²) in [6.45, 7) is 2.44. The molecular weight excluding hydrogens is 513 g/mol. The van der Waals surface area contributed by atoms with Crippen molar-refractivity contribution in [2.75, 3.05) is 45.3 Å². The lowest BCUT2D eigenvalue weighted by Crippen LogP contribution is -2.49. The van der Waals surface area contributed by atoms with Gasteiger partial charge in [-0.3, -0.25) is 9.69 Å². The summed E-state index contributed by atoms with van der Waals surface area (Å²) in [5.41, 5.74) is 1.60. The molecule has 40 heavy (non-hydrogen) atoms. The third kappa shape index (κ3) is 4.90. The average molecular weight is 548 g/mol. The van der Waals surface area contributed by atoms with E-state index < -0.39 is 6.04 Å². The van der Waals surface area contributed by atoms with Crippen LogP contribution in [0.5, 0.6) is 11.5 Å². The van der Waals surface area contributed by atoms with Gasteiger partial charge in [0, 0.05) is 43.2 Å². The van der Waals surface area contributed by atoms with Gasteiger partial charge in [-0.2, -0.15) is 0 Å². The number of piperazine rings is 1. The maximum Gasteiger partial charge on any atom is 0.253 e. The van der Waals surface area contributed by atoms with E-state index in [1.807, 2.05) is 28.9 Å². The summed E-state index contributed by atoms with van der Waals surface area (Å²) in [6, 6.07) is 12.1. The lowest BCUT2D eigenvalue weighted by Gasteiger charge is -2.40. The zero-order chi connectivity index (χ0) is 27.6. The molecular formula is C29H34FN7O3. The number of nitrogens with one attached hydrogen (secondary N) is 1. The number of H-pyrrole nitrogens is 1. The number of benzene rings is 2. The highest BCUT2D eigenvalue weighted by molar-refractivity contribution is 5.83. The SMILES string of the molecule is COc1cc2cc([C@H](c3nnnn3C3CCCCC3)N3CCN(c4ccccc4F)CC3)c(=O)[nH]c2cc1OC. The van der Waals surface area contributed by atoms with E-state index in [9.17, 15) is 9.18 Å². The maximum absolute atomic E-state index is 14.5. The summed E-state index contributed by atoms with van der Waals surface area (Å²) in [6.07, 6.45) is 5.50. The Hall–Kier alpha value is -3.99. The molecule has 1 N–H and O–H groups in total. The molecule has 1 aliphatic heterocycles. The van der Waals surface area contributed by atoms with Gasteiger partial charge >= 0.3 is 0 Å². The lowest BCUT2D eigenvalue weighted by atomic mass is 9.95. The van der Waals surface area contributed by atoms with E-state index in [2.05, 4.69) is 30.3 Å². The molecule has 4 aromatic rings. The number of para-hydroxylation sites is 1. The smallest absolute Gasteiger partial charge is 0.253 e. The van der Waals surface area contributed by atoms with Crippen LogP contribution in [0.1, 0.15) is 55.6 Å². The number of ether oxygens (including phenoxy) is 2. The van der Waals surface area contributed by atoms with Crippen LogP contribution in [0.4, 0.5) is 10.1 Å². The van der Waals surface area contributed by atoms with E-state index >= 15 is 0 Å². The van der Waals surface area contributed by atoms with Crippen molar-refractivity contribution in [1.82, 2.24) is 30.1 Å². The zero-order valence-electron chi connectivity index (χ0n) is 22.8. The van der Waals surface area contributed by atoms with Crippen LogP contribution in [0.15, 0.2) is 47.3 Å². The molecule has 0 spiro atoms. The minimum absolute atomic E-state index is 0.199. The zero-order valence-corrected chi connectivity index (χ0v) is 22.8. The van der Waals surface area contributed by atoms with Crippen LogP contribution in [0.2, 0.25) is 0 Å². The first-order chi connectivity index (χ1) is 19.6. The monoisotopic (exact) mass is 547 g/mol. The second-order valence-corrected chi connectivity index (χ2v) is 10.5. The predicted octanol–water partition coefficient (Wildman–Crippen LogP) is 4.09. The fraction of sp³-hybridized carbons (Fsp3) is 0.448. The highest BCUT2D eigenvalue weighted by Crippen LogP contribution is 2.36. The van der Waals surface area contributed by atoms with Gasteiger partial charge in [-0.25, -0.2) is 9.07 Å². The van der Waals surface area contributed by atoms with Crippen LogP contribution >= 0.6 is 0 Å². The number of halogens is 1. The number of aromatic amines is 1. The van der Waals surface area contributed by atoms with Crippen LogP contribution in [0.25, 0.3) is 10.9 Å². The number of aromatic nitrogens is 5. The molecule has 11 heteroatoms. The van der Waals surface area contributed by atoms with Gasteiger partial charge in [0.05, 0.1) is 31.5 Å². The van der Waals surface area contributed by atoms with Crippen LogP contribution < -0.4 is 19.9 Å². The van der Waals surface area contributed by atoms with Crippen LogP contribution in [-0.4, -0.2) is 70.5 Å². The van der Waals surface area contributed by atoms with Gasteiger partial charge in [-0.15, -0.1) is 5.10 Å². The molecule has 0 bridgehead atoms. The number of hydrogen-bond donors (Lipinski definition) is 1. The van der Waals surface area contributed by atoms with Gasteiger partial charge in [0.15, 0.2) is 17.3 Å². The Morgan fingerprint density at radius 2 is 1.70 bits per heavy atom. The molecule has 2 aromatic heterocycles. The van der Waals surface area contributed by atoms with Crippen molar-refractivity contribution >= 4 is 16.6 Å². The summed E-state index contributed by atoms with van der Waals surface area (Å²) in [7, 11) is 3.16. The number of anilines is 1. The normalized spacial score (nSPS) is 17.7. The summed E-state index contributed by atoms with van der Waals surface area (Å²) in [5, 5.41) is 13.8. The molecule has 2 aliphatic rings. The Morgan fingerprint density at radius 3 is 2.42 bits per heavy atom. The third-order valence-corrected chi connectivity index (χ3v) is 8.23. The van der Waals surface area contributed by atoms with E-state index in [-0.39, 0.29) is 17.4 Å².